The number of halogens is 3. The highest BCUT2D eigenvalue weighted by Gasteiger charge is 2.51. The number of hydrogen-bond acceptors (Lipinski definition) is 6. The number of hydrogen-bond donors (Lipinski definition) is 1. The Morgan fingerprint density at radius 2 is 1.68 bits per heavy atom. The minimum Gasteiger partial charge on any atom is -0.382 e. The SMILES string of the molecule is CO[C@](c1ccc(Cl)cc1)(c1c(F)cc([C@@](C)(O)C2(F)CCOCC2)cc1C=O)N(C)Cc1ccc(C)cc1C=O. The summed E-state index contributed by atoms with van der Waals surface area (Å²) >= 11 is 6.17. The summed E-state index contributed by atoms with van der Waals surface area (Å²) in [5.74, 6) is -0.872. The Hall–Kier alpha value is -3.01. The third-order valence-electron chi connectivity index (χ3n) is 8.21. The van der Waals surface area contributed by atoms with Crippen molar-refractivity contribution in [1.29, 1.82) is 0 Å². The molecular formula is C32H34ClF2NO5. The molecule has 1 fully saturated rings. The Kier molecular flexibility index (Phi) is 9.11. The average molecular weight is 586 g/mol. The lowest BCUT2D eigenvalue weighted by Crippen LogP contribution is -2.50. The van der Waals surface area contributed by atoms with Gasteiger partial charge in [-0.25, -0.2) is 8.78 Å². The van der Waals surface area contributed by atoms with Crippen LogP contribution in [0, 0.1) is 12.7 Å². The molecule has 9 heteroatoms. The maximum atomic E-state index is 16.5. The number of ether oxygens (including phenoxy) is 2. The van der Waals surface area contributed by atoms with Gasteiger partial charge in [-0.3, -0.25) is 14.5 Å². The maximum absolute atomic E-state index is 16.5. The Morgan fingerprint density at radius 3 is 2.27 bits per heavy atom. The van der Waals surface area contributed by atoms with Crippen molar-refractivity contribution in [3.05, 3.63) is 104 Å². The summed E-state index contributed by atoms with van der Waals surface area (Å²) in [7, 11) is 3.07. The largest absolute Gasteiger partial charge is 0.382 e. The third-order valence-corrected chi connectivity index (χ3v) is 8.46. The average Bonchev–Trinajstić information content (AvgIpc) is 2.96. The fourth-order valence-corrected chi connectivity index (χ4v) is 5.87. The van der Waals surface area contributed by atoms with Gasteiger partial charge in [0.1, 0.15) is 23.4 Å². The molecule has 3 aromatic rings. The van der Waals surface area contributed by atoms with E-state index in [2.05, 4.69) is 0 Å². The van der Waals surface area contributed by atoms with Crippen LogP contribution >= 0.6 is 11.6 Å². The second-order valence-corrected chi connectivity index (χ2v) is 11.2. The van der Waals surface area contributed by atoms with Crippen LogP contribution in [0.5, 0.6) is 0 Å². The molecular weight excluding hydrogens is 552 g/mol. The van der Waals surface area contributed by atoms with Crippen LogP contribution in [0.3, 0.4) is 0 Å². The highest BCUT2D eigenvalue weighted by atomic mass is 35.5. The lowest BCUT2D eigenvalue weighted by molar-refractivity contribution is -0.143. The first-order valence-corrected chi connectivity index (χ1v) is 13.7. The molecule has 218 valence electrons. The molecule has 0 unspecified atom stereocenters. The fraction of sp³-hybridized carbons (Fsp3) is 0.375. The van der Waals surface area contributed by atoms with Crippen LogP contribution in [0.1, 0.15) is 68.3 Å². The van der Waals surface area contributed by atoms with Crippen LogP contribution in [0.25, 0.3) is 0 Å². The summed E-state index contributed by atoms with van der Waals surface area (Å²) in [6.07, 6.45) is 1.06. The summed E-state index contributed by atoms with van der Waals surface area (Å²) in [6, 6.07) is 14.4. The van der Waals surface area contributed by atoms with E-state index in [1.165, 1.54) is 20.1 Å². The van der Waals surface area contributed by atoms with E-state index in [4.69, 9.17) is 21.1 Å². The summed E-state index contributed by atoms with van der Waals surface area (Å²) in [6.45, 7) is 3.52. The predicted molar refractivity (Wildman–Crippen MR) is 153 cm³/mol. The van der Waals surface area contributed by atoms with Crippen molar-refractivity contribution in [2.75, 3.05) is 27.4 Å². The molecule has 4 rings (SSSR count). The molecule has 3 aromatic carbocycles. The number of benzene rings is 3. The monoisotopic (exact) mass is 585 g/mol. The predicted octanol–water partition coefficient (Wildman–Crippen LogP) is 6.12. The first-order chi connectivity index (χ1) is 19.4. The molecule has 41 heavy (non-hydrogen) atoms. The molecule has 0 bridgehead atoms. The van der Waals surface area contributed by atoms with Gasteiger partial charge in [-0.2, -0.15) is 0 Å². The number of carbonyl (C=O) groups is 2. The van der Waals surface area contributed by atoms with E-state index in [-0.39, 0.29) is 49.3 Å². The minimum atomic E-state index is -2.10. The Morgan fingerprint density at radius 1 is 1.05 bits per heavy atom. The van der Waals surface area contributed by atoms with Gasteiger partial charge in [0.2, 0.25) is 0 Å². The number of aliphatic hydroxyl groups is 1. The van der Waals surface area contributed by atoms with Crippen LogP contribution in [-0.4, -0.2) is 55.6 Å². The maximum Gasteiger partial charge on any atom is 0.177 e. The molecule has 0 amide bonds. The molecule has 1 heterocycles. The number of aryl methyl sites for hydroxylation is 1. The highest BCUT2D eigenvalue weighted by molar-refractivity contribution is 6.30. The van der Waals surface area contributed by atoms with Crippen molar-refractivity contribution in [3.63, 3.8) is 0 Å². The van der Waals surface area contributed by atoms with E-state index in [1.54, 1.807) is 42.3 Å². The number of rotatable bonds is 10. The Balaban J connectivity index is 1.93. The molecule has 0 spiro atoms. The van der Waals surface area contributed by atoms with Crippen LogP contribution < -0.4 is 0 Å². The molecule has 1 aliphatic heterocycles. The number of alkyl halides is 1. The normalized spacial score (nSPS) is 18.0. The summed E-state index contributed by atoms with van der Waals surface area (Å²) in [4.78, 5) is 26.1. The minimum absolute atomic E-state index is 0.0733. The smallest absolute Gasteiger partial charge is 0.177 e. The molecule has 0 aliphatic carbocycles. The molecule has 1 aliphatic rings. The zero-order valence-corrected chi connectivity index (χ0v) is 24.3. The number of carbonyl (C=O) groups excluding carboxylic acids is 2. The van der Waals surface area contributed by atoms with Crippen molar-refractivity contribution in [1.82, 2.24) is 4.90 Å². The quantitative estimate of drug-likeness (QED) is 0.228. The van der Waals surface area contributed by atoms with Crippen molar-refractivity contribution in [2.24, 2.45) is 0 Å². The van der Waals surface area contributed by atoms with Crippen molar-refractivity contribution >= 4 is 24.2 Å². The lowest BCUT2D eigenvalue weighted by atomic mass is 9.74. The van der Waals surface area contributed by atoms with Crippen LogP contribution in [0.15, 0.2) is 54.6 Å². The summed E-state index contributed by atoms with van der Waals surface area (Å²) < 4.78 is 43.8. The van der Waals surface area contributed by atoms with Gasteiger partial charge >= 0.3 is 0 Å². The van der Waals surface area contributed by atoms with Gasteiger partial charge in [-0.05, 0) is 62.4 Å². The van der Waals surface area contributed by atoms with Crippen molar-refractivity contribution < 1.29 is 33.0 Å². The molecule has 2 atom stereocenters. The first kappa shape index (κ1) is 30.9. The fourth-order valence-electron chi connectivity index (χ4n) is 5.74. The first-order valence-electron chi connectivity index (χ1n) is 13.3. The molecule has 0 radical (unpaired) electrons. The lowest BCUT2D eigenvalue weighted by Gasteiger charge is -2.44. The van der Waals surface area contributed by atoms with Gasteiger partial charge in [-0.1, -0.05) is 41.4 Å². The van der Waals surface area contributed by atoms with E-state index in [0.29, 0.717) is 28.0 Å². The van der Waals surface area contributed by atoms with Crippen LogP contribution in [-0.2, 0) is 27.3 Å². The van der Waals surface area contributed by atoms with E-state index >= 15 is 8.78 Å². The van der Waals surface area contributed by atoms with Gasteiger partial charge in [0.15, 0.2) is 12.0 Å². The van der Waals surface area contributed by atoms with Gasteiger partial charge in [0.25, 0.3) is 0 Å². The van der Waals surface area contributed by atoms with Gasteiger partial charge in [0, 0.05) is 67.0 Å². The molecule has 1 saturated heterocycles. The molecule has 6 nitrogen and oxygen atoms in total. The van der Waals surface area contributed by atoms with E-state index in [9.17, 15) is 14.7 Å². The number of methoxy groups -OCH3 is 1. The Labute approximate surface area is 243 Å². The number of aldehydes is 2. The van der Waals surface area contributed by atoms with Crippen LogP contribution in [0.4, 0.5) is 8.78 Å². The second kappa shape index (κ2) is 12.1. The molecule has 0 aromatic heterocycles. The summed E-state index contributed by atoms with van der Waals surface area (Å²) in [5.41, 5.74) is -3.71. The van der Waals surface area contributed by atoms with Crippen LogP contribution in [0.2, 0.25) is 5.02 Å². The molecule has 1 N–H and O–H groups in total. The molecule has 0 saturated carbocycles. The van der Waals surface area contributed by atoms with Crippen molar-refractivity contribution in [2.45, 2.75) is 50.2 Å². The van der Waals surface area contributed by atoms with Gasteiger partial charge in [0.05, 0.1) is 0 Å². The van der Waals surface area contributed by atoms with E-state index in [0.717, 1.165) is 17.9 Å². The standard InChI is InChI=1S/C32H34ClF2NO5/c1-21-5-6-22(23(15-21)19-37)18-36(3)32(40-4,25-7-9-27(33)10-8-25)29-24(20-38)16-26(17-28(29)34)30(2,39)31(35)11-13-41-14-12-31/h5-10,15-17,19-20,39H,11-14,18H2,1-4H3/t30-,32-/m1/s1. The summed E-state index contributed by atoms with van der Waals surface area (Å²) in [5, 5.41) is 11.8. The van der Waals surface area contributed by atoms with Crippen molar-refractivity contribution in [3.8, 4) is 0 Å². The number of nitrogens with zero attached hydrogens (tertiary/aromatic N) is 1. The second-order valence-electron chi connectivity index (χ2n) is 10.7. The highest BCUT2D eigenvalue weighted by Crippen LogP contribution is 2.46. The van der Waals surface area contributed by atoms with E-state index in [1.807, 2.05) is 19.1 Å². The zero-order chi connectivity index (χ0) is 30.0. The topological polar surface area (TPSA) is 76.1 Å². The van der Waals surface area contributed by atoms with Gasteiger partial charge in [-0.15, -0.1) is 0 Å². The van der Waals surface area contributed by atoms with E-state index < -0.39 is 22.8 Å². The zero-order valence-electron chi connectivity index (χ0n) is 23.5. The van der Waals surface area contributed by atoms with Gasteiger partial charge < -0.3 is 14.6 Å². The third kappa shape index (κ3) is 5.59. The Bertz CT molecular complexity index is 1420.